The SMILES string of the molecule is CC(=O)[C@@H]1C[C@@H](O)[C@@H]2[C@@H](O)[C@@]1(C[C@H]1OC(=O)C(C)(C)[C@]1(O)CCO)C[C@@]2(C)O. The van der Waals surface area contributed by atoms with Gasteiger partial charge < -0.3 is 30.3 Å². The number of cyclic esters (lactones) is 1. The molecule has 2 aliphatic carbocycles. The molecule has 8 atom stereocenters. The third-order valence-electron chi connectivity index (χ3n) is 7.84. The van der Waals surface area contributed by atoms with E-state index in [1.807, 2.05) is 0 Å². The van der Waals surface area contributed by atoms with Gasteiger partial charge in [0.25, 0.3) is 0 Å². The third kappa shape index (κ3) is 2.69. The van der Waals surface area contributed by atoms with Crippen LogP contribution in [0.25, 0.3) is 0 Å². The van der Waals surface area contributed by atoms with Crippen molar-refractivity contribution in [2.75, 3.05) is 6.61 Å². The molecule has 1 saturated heterocycles. The smallest absolute Gasteiger partial charge is 0.314 e. The lowest BCUT2D eigenvalue weighted by Crippen LogP contribution is -2.57. The molecule has 0 aromatic carbocycles. The topological polar surface area (TPSA) is 145 Å². The second kappa shape index (κ2) is 6.47. The highest BCUT2D eigenvalue weighted by molar-refractivity contribution is 5.81. The summed E-state index contributed by atoms with van der Waals surface area (Å²) >= 11 is 0. The summed E-state index contributed by atoms with van der Waals surface area (Å²) < 4.78 is 5.50. The van der Waals surface area contributed by atoms with Gasteiger partial charge in [-0.05, 0) is 47.0 Å². The summed E-state index contributed by atoms with van der Waals surface area (Å²) in [5.41, 5.74) is -5.51. The molecule has 0 unspecified atom stereocenters. The first-order chi connectivity index (χ1) is 12.7. The molecule has 3 fully saturated rings. The number of aliphatic hydroxyl groups excluding tert-OH is 3. The number of fused-ring (bicyclic) bond motifs is 2. The van der Waals surface area contributed by atoms with Crippen LogP contribution in [0.3, 0.4) is 0 Å². The minimum absolute atomic E-state index is 0.0382. The standard InChI is InChI=1S/C20H32O8/c1-10(22)11-7-12(23)14-15(24)19(11,9-18(14,4)26)8-13-20(27,5-6-21)17(2,3)16(25)28-13/h11-15,21,23-24,26-27H,5-9H2,1-4H3/t11-,12+,13+,14+,15+,18+,19-,20-/m0/s1. The Morgan fingerprint density at radius 3 is 2.36 bits per heavy atom. The molecule has 2 bridgehead atoms. The Labute approximate surface area is 164 Å². The van der Waals surface area contributed by atoms with E-state index in [9.17, 15) is 35.1 Å². The third-order valence-corrected chi connectivity index (χ3v) is 7.84. The van der Waals surface area contributed by atoms with Gasteiger partial charge in [0.05, 0.1) is 23.2 Å². The first-order valence-electron chi connectivity index (χ1n) is 9.88. The lowest BCUT2D eigenvalue weighted by Gasteiger charge is -2.48. The average molecular weight is 400 g/mol. The zero-order valence-electron chi connectivity index (χ0n) is 16.9. The molecule has 8 heteroatoms. The molecular weight excluding hydrogens is 368 g/mol. The summed E-state index contributed by atoms with van der Waals surface area (Å²) in [4.78, 5) is 24.9. The van der Waals surface area contributed by atoms with Crippen molar-refractivity contribution in [2.45, 2.75) is 82.9 Å². The van der Waals surface area contributed by atoms with Crippen LogP contribution in [0.1, 0.15) is 53.4 Å². The molecule has 28 heavy (non-hydrogen) atoms. The normalized spacial score (nSPS) is 49.9. The van der Waals surface area contributed by atoms with Crippen molar-refractivity contribution in [3.8, 4) is 0 Å². The molecule has 160 valence electrons. The Bertz CT molecular complexity index is 673. The number of esters is 1. The molecule has 3 rings (SSSR count). The fourth-order valence-corrected chi connectivity index (χ4v) is 6.22. The lowest BCUT2D eigenvalue weighted by molar-refractivity contribution is -0.163. The van der Waals surface area contributed by atoms with E-state index in [1.165, 1.54) is 13.8 Å². The van der Waals surface area contributed by atoms with E-state index >= 15 is 0 Å². The first-order valence-corrected chi connectivity index (χ1v) is 9.88. The van der Waals surface area contributed by atoms with Gasteiger partial charge in [0.15, 0.2) is 0 Å². The second-order valence-corrected chi connectivity index (χ2v) is 9.82. The minimum Gasteiger partial charge on any atom is -0.459 e. The van der Waals surface area contributed by atoms with Crippen LogP contribution in [-0.4, -0.2) is 73.4 Å². The van der Waals surface area contributed by atoms with Gasteiger partial charge in [0.2, 0.25) is 0 Å². The zero-order valence-corrected chi connectivity index (χ0v) is 16.9. The van der Waals surface area contributed by atoms with Crippen molar-refractivity contribution < 1.29 is 39.9 Å². The summed E-state index contributed by atoms with van der Waals surface area (Å²) in [5, 5.41) is 53.2. The minimum atomic E-state index is -1.69. The highest BCUT2D eigenvalue weighted by Gasteiger charge is 2.71. The van der Waals surface area contributed by atoms with Gasteiger partial charge in [0, 0.05) is 30.3 Å². The number of hydrogen-bond acceptors (Lipinski definition) is 8. The van der Waals surface area contributed by atoms with Gasteiger partial charge in [-0.25, -0.2) is 0 Å². The number of carbonyl (C=O) groups excluding carboxylic acids is 2. The first kappa shape index (κ1) is 21.6. The van der Waals surface area contributed by atoms with Gasteiger partial charge in [-0.3, -0.25) is 9.59 Å². The number of carbonyl (C=O) groups is 2. The van der Waals surface area contributed by atoms with E-state index in [-0.39, 0.29) is 38.1 Å². The highest BCUT2D eigenvalue weighted by Crippen LogP contribution is 2.63. The molecule has 0 aromatic heterocycles. The van der Waals surface area contributed by atoms with E-state index < -0.39 is 58.1 Å². The van der Waals surface area contributed by atoms with Crippen LogP contribution in [0.5, 0.6) is 0 Å². The number of rotatable bonds is 5. The van der Waals surface area contributed by atoms with Crippen LogP contribution in [0.2, 0.25) is 0 Å². The van der Waals surface area contributed by atoms with E-state index in [0.717, 1.165) is 0 Å². The summed E-state index contributed by atoms with van der Waals surface area (Å²) in [6, 6.07) is 0. The molecular formula is C20H32O8. The molecule has 0 amide bonds. The largest absolute Gasteiger partial charge is 0.459 e. The number of ketones is 1. The van der Waals surface area contributed by atoms with Crippen LogP contribution in [0.4, 0.5) is 0 Å². The molecule has 3 aliphatic rings. The number of aliphatic hydroxyl groups is 5. The zero-order chi connectivity index (χ0) is 21.3. The number of ether oxygens (including phenoxy) is 1. The summed E-state index contributed by atoms with van der Waals surface area (Å²) in [6.45, 7) is 5.62. The quantitative estimate of drug-likeness (QED) is 0.390. The number of Topliss-reactive ketones (excluding diaryl/α,β-unsaturated/α-hetero) is 1. The van der Waals surface area contributed by atoms with Crippen molar-refractivity contribution in [2.24, 2.45) is 22.7 Å². The van der Waals surface area contributed by atoms with Crippen molar-refractivity contribution in [1.82, 2.24) is 0 Å². The summed E-state index contributed by atoms with van der Waals surface area (Å²) in [5.74, 6) is -2.43. The van der Waals surface area contributed by atoms with E-state index in [4.69, 9.17) is 4.74 Å². The highest BCUT2D eigenvalue weighted by atomic mass is 16.6. The molecule has 1 heterocycles. The Morgan fingerprint density at radius 1 is 1.21 bits per heavy atom. The average Bonchev–Trinajstić information content (AvgIpc) is 2.80. The Balaban J connectivity index is 2.05. The molecule has 1 aliphatic heterocycles. The second-order valence-electron chi connectivity index (χ2n) is 9.82. The fourth-order valence-electron chi connectivity index (χ4n) is 6.22. The molecule has 0 aromatic rings. The van der Waals surface area contributed by atoms with E-state index in [0.29, 0.717) is 0 Å². The van der Waals surface area contributed by atoms with Crippen LogP contribution < -0.4 is 0 Å². The Hall–Kier alpha value is -1.06. The Morgan fingerprint density at radius 2 is 1.82 bits per heavy atom. The molecule has 0 spiro atoms. The van der Waals surface area contributed by atoms with Gasteiger partial charge in [0.1, 0.15) is 17.5 Å². The summed E-state index contributed by atoms with van der Waals surface area (Å²) in [7, 11) is 0. The van der Waals surface area contributed by atoms with E-state index in [1.54, 1.807) is 13.8 Å². The van der Waals surface area contributed by atoms with Crippen LogP contribution in [0, 0.1) is 22.7 Å². The molecule has 8 nitrogen and oxygen atoms in total. The van der Waals surface area contributed by atoms with Crippen LogP contribution in [0.15, 0.2) is 0 Å². The Kier molecular flexibility index (Phi) is 5.00. The van der Waals surface area contributed by atoms with Gasteiger partial charge in [-0.2, -0.15) is 0 Å². The maximum Gasteiger partial charge on any atom is 0.314 e. The van der Waals surface area contributed by atoms with Crippen molar-refractivity contribution in [3.05, 3.63) is 0 Å². The molecule has 2 saturated carbocycles. The van der Waals surface area contributed by atoms with Gasteiger partial charge in [-0.1, -0.05) is 0 Å². The fraction of sp³-hybridized carbons (Fsp3) is 0.900. The van der Waals surface area contributed by atoms with Crippen molar-refractivity contribution in [1.29, 1.82) is 0 Å². The van der Waals surface area contributed by atoms with Crippen molar-refractivity contribution >= 4 is 11.8 Å². The maximum atomic E-state index is 12.4. The predicted octanol–water partition coefficient (Wildman–Crippen LogP) is -0.470. The van der Waals surface area contributed by atoms with Gasteiger partial charge in [-0.15, -0.1) is 0 Å². The summed E-state index contributed by atoms with van der Waals surface area (Å²) in [6.07, 6.45) is -3.29. The van der Waals surface area contributed by atoms with E-state index in [2.05, 4.69) is 0 Å². The van der Waals surface area contributed by atoms with Crippen LogP contribution >= 0.6 is 0 Å². The monoisotopic (exact) mass is 400 g/mol. The maximum absolute atomic E-state index is 12.4. The lowest BCUT2D eigenvalue weighted by atomic mass is 9.59. The van der Waals surface area contributed by atoms with Gasteiger partial charge >= 0.3 is 5.97 Å². The van der Waals surface area contributed by atoms with Crippen molar-refractivity contribution in [3.63, 3.8) is 0 Å². The number of hydrogen-bond donors (Lipinski definition) is 5. The molecule has 0 radical (unpaired) electrons. The predicted molar refractivity (Wildman–Crippen MR) is 96.9 cm³/mol. The molecule has 5 N–H and O–H groups in total. The van der Waals surface area contributed by atoms with Crippen LogP contribution in [-0.2, 0) is 14.3 Å².